The van der Waals surface area contributed by atoms with Crippen LogP contribution in [0.3, 0.4) is 0 Å². The fourth-order valence-electron chi connectivity index (χ4n) is 3.37. The van der Waals surface area contributed by atoms with Crippen molar-refractivity contribution < 1.29 is 27.5 Å². The lowest BCUT2D eigenvalue weighted by Crippen LogP contribution is -2.30. The first-order valence-corrected chi connectivity index (χ1v) is 11.7. The minimum atomic E-state index is -3.66. The van der Waals surface area contributed by atoms with Crippen LogP contribution in [0, 0.1) is 6.92 Å². The van der Waals surface area contributed by atoms with E-state index in [1.807, 2.05) is 19.9 Å². The number of aryl methyl sites for hydroxylation is 1. The number of ether oxygens (including phenoxy) is 2. The highest BCUT2D eigenvalue weighted by molar-refractivity contribution is 7.89. The number of amides is 1. The summed E-state index contributed by atoms with van der Waals surface area (Å²) in [5, 5.41) is 2.65. The van der Waals surface area contributed by atoms with E-state index >= 15 is 0 Å². The Hall–Kier alpha value is -2.91. The average molecular weight is 461 g/mol. The number of hydrogen-bond acceptors (Lipinski definition) is 6. The first-order chi connectivity index (χ1) is 14.9. The molecule has 3 rings (SSSR count). The summed E-state index contributed by atoms with van der Waals surface area (Å²) in [6.45, 7) is 7.15. The first kappa shape index (κ1) is 23.7. The second-order valence-corrected chi connectivity index (χ2v) is 10.3. The Labute approximate surface area is 188 Å². The van der Waals surface area contributed by atoms with E-state index < -0.39 is 28.0 Å². The Morgan fingerprint density at radius 1 is 1.16 bits per heavy atom. The molecule has 0 unspecified atom stereocenters. The lowest BCUT2D eigenvalue weighted by Gasteiger charge is -2.17. The van der Waals surface area contributed by atoms with Crippen LogP contribution < -0.4 is 10.1 Å². The third kappa shape index (κ3) is 4.49. The molecule has 32 heavy (non-hydrogen) atoms. The molecule has 0 bridgehead atoms. The van der Waals surface area contributed by atoms with Gasteiger partial charge in [-0.05, 0) is 44.5 Å². The van der Waals surface area contributed by atoms with E-state index in [1.165, 1.54) is 33.2 Å². The number of rotatable bonds is 6. The van der Waals surface area contributed by atoms with Gasteiger partial charge in [0, 0.05) is 31.3 Å². The number of esters is 1. The largest absolute Gasteiger partial charge is 0.489 e. The molecule has 3 atom stereocenters. The fraction of sp³-hybridized carbons (Fsp3) is 0.391. The normalized spacial score (nSPS) is 18.6. The second kappa shape index (κ2) is 8.91. The summed E-state index contributed by atoms with van der Waals surface area (Å²) in [4.78, 5) is 25.5. The predicted molar refractivity (Wildman–Crippen MR) is 121 cm³/mol. The topological polar surface area (TPSA) is 102 Å². The maximum atomic E-state index is 12.7. The average Bonchev–Trinajstić information content (AvgIpc) is 3.03. The molecule has 0 saturated heterocycles. The SMILES string of the molecule is Cc1ccc(S(=O)(=O)N(C)C)cc1NC(=O)[C@H](C)OC(=O)c1cccc2c1O[C@H](C)[C@H]2C. The van der Waals surface area contributed by atoms with Gasteiger partial charge in [0.2, 0.25) is 10.0 Å². The van der Waals surface area contributed by atoms with Gasteiger partial charge in [-0.3, -0.25) is 4.79 Å². The minimum Gasteiger partial charge on any atom is -0.489 e. The van der Waals surface area contributed by atoms with Gasteiger partial charge in [-0.2, -0.15) is 0 Å². The number of sulfonamides is 1. The van der Waals surface area contributed by atoms with Gasteiger partial charge in [-0.25, -0.2) is 17.5 Å². The van der Waals surface area contributed by atoms with Crippen LogP contribution >= 0.6 is 0 Å². The highest BCUT2D eigenvalue weighted by atomic mass is 32.2. The standard InChI is InChI=1S/C23H28N2O6S/c1-13-10-11-17(32(28,29)25(5)6)12-20(13)24-22(26)16(4)31-23(27)19-9-7-8-18-14(2)15(3)30-21(18)19/h7-12,14-16H,1-6H3,(H,24,26)/t14-,15-,16+/m1/s1. The summed E-state index contributed by atoms with van der Waals surface area (Å²) in [5.74, 6) is -0.600. The molecule has 0 radical (unpaired) electrons. The number of carbonyl (C=O) groups excluding carboxylic acids is 2. The molecule has 1 heterocycles. The third-order valence-electron chi connectivity index (χ3n) is 5.66. The molecule has 1 N–H and O–H groups in total. The van der Waals surface area contributed by atoms with Gasteiger partial charge in [0.05, 0.1) is 4.90 Å². The molecule has 1 aliphatic heterocycles. The number of nitrogens with one attached hydrogen (secondary N) is 1. The molecule has 0 aliphatic carbocycles. The van der Waals surface area contributed by atoms with Crippen LogP contribution in [0.1, 0.15) is 48.2 Å². The lowest BCUT2D eigenvalue weighted by molar-refractivity contribution is -0.123. The molecule has 8 nitrogen and oxygen atoms in total. The van der Waals surface area contributed by atoms with E-state index in [-0.39, 0.29) is 22.5 Å². The second-order valence-electron chi connectivity index (χ2n) is 8.14. The summed E-state index contributed by atoms with van der Waals surface area (Å²) in [6, 6.07) is 9.75. The summed E-state index contributed by atoms with van der Waals surface area (Å²) in [5.41, 5.74) is 2.20. The van der Waals surface area contributed by atoms with Gasteiger partial charge < -0.3 is 14.8 Å². The number of carbonyl (C=O) groups is 2. The Morgan fingerprint density at radius 3 is 2.50 bits per heavy atom. The van der Waals surface area contributed by atoms with Crippen LogP contribution in [0.25, 0.3) is 0 Å². The number of hydrogen-bond donors (Lipinski definition) is 1. The molecular formula is C23H28N2O6S. The van der Waals surface area contributed by atoms with Crippen LogP contribution in [0.4, 0.5) is 5.69 Å². The molecule has 0 spiro atoms. The first-order valence-electron chi connectivity index (χ1n) is 10.3. The van der Waals surface area contributed by atoms with Gasteiger partial charge in [0.25, 0.3) is 5.91 Å². The molecule has 2 aromatic rings. The third-order valence-corrected chi connectivity index (χ3v) is 7.47. The predicted octanol–water partition coefficient (Wildman–Crippen LogP) is 3.31. The molecule has 0 fully saturated rings. The maximum absolute atomic E-state index is 12.7. The monoisotopic (exact) mass is 460 g/mol. The maximum Gasteiger partial charge on any atom is 0.342 e. The Morgan fingerprint density at radius 2 is 1.84 bits per heavy atom. The summed E-state index contributed by atoms with van der Waals surface area (Å²) >= 11 is 0. The zero-order chi connectivity index (χ0) is 23.8. The smallest absolute Gasteiger partial charge is 0.342 e. The van der Waals surface area contributed by atoms with Crippen molar-refractivity contribution in [1.29, 1.82) is 0 Å². The number of para-hydroxylation sites is 1. The number of benzene rings is 2. The quantitative estimate of drug-likeness (QED) is 0.664. The molecule has 1 aliphatic rings. The fourth-order valence-corrected chi connectivity index (χ4v) is 4.29. The van der Waals surface area contributed by atoms with Crippen molar-refractivity contribution in [2.24, 2.45) is 0 Å². The molecule has 9 heteroatoms. The number of nitrogens with zero attached hydrogens (tertiary/aromatic N) is 1. The van der Waals surface area contributed by atoms with E-state index in [4.69, 9.17) is 9.47 Å². The van der Waals surface area contributed by atoms with E-state index in [0.29, 0.717) is 17.0 Å². The van der Waals surface area contributed by atoms with Gasteiger partial charge in [-0.1, -0.05) is 25.1 Å². The van der Waals surface area contributed by atoms with Crippen molar-refractivity contribution in [3.63, 3.8) is 0 Å². The van der Waals surface area contributed by atoms with E-state index in [9.17, 15) is 18.0 Å². The van der Waals surface area contributed by atoms with Crippen molar-refractivity contribution >= 4 is 27.6 Å². The van der Waals surface area contributed by atoms with Crippen molar-refractivity contribution in [2.45, 2.75) is 50.7 Å². The highest BCUT2D eigenvalue weighted by Gasteiger charge is 2.32. The Kier molecular flexibility index (Phi) is 6.61. The van der Waals surface area contributed by atoms with Crippen molar-refractivity contribution in [3.8, 4) is 5.75 Å². The van der Waals surface area contributed by atoms with E-state index in [1.54, 1.807) is 25.1 Å². The Bertz CT molecular complexity index is 1160. The minimum absolute atomic E-state index is 0.0493. The highest BCUT2D eigenvalue weighted by Crippen LogP contribution is 2.40. The van der Waals surface area contributed by atoms with Crippen LogP contribution in [-0.4, -0.2) is 50.9 Å². The molecule has 1 amide bonds. The van der Waals surface area contributed by atoms with Gasteiger partial charge in [0.1, 0.15) is 17.4 Å². The number of fused-ring (bicyclic) bond motifs is 1. The van der Waals surface area contributed by atoms with Crippen LogP contribution in [0.2, 0.25) is 0 Å². The van der Waals surface area contributed by atoms with Crippen molar-refractivity contribution in [1.82, 2.24) is 4.31 Å². The number of anilines is 1. The summed E-state index contributed by atoms with van der Waals surface area (Å²) in [7, 11) is -0.797. The molecule has 172 valence electrons. The molecule has 2 aromatic carbocycles. The van der Waals surface area contributed by atoms with E-state index in [2.05, 4.69) is 5.32 Å². The zero-order valence-electron chi connectivity index (χ0n) is 19.0. The van der Waals surface area contributed by atoms with Gasteiger partial charge >= 0.3 is 5.97 Å². The zero-order valence-corrected chi connectivity index (χ0v) is 19.8. The van der Waals surface area contributed by atoms with Crippen LogP contribution in [0.5, 0.6) is 5.75 Å². The van der Waals surface area contributed by atoms with Crippen LogP contribution in [0.15, 0.2) is 41.3 Å². The molecular weight excluding hydrogens is 432 g/mol. The lowest BCUT2D eigenvalue weighted by atomic mass is 9.97. The molecule has 0 saturated carbocycles. The van der Waals surface area contributed by atoms with E-state index in [0.717, 1.165) is 9.87 Å². The summed E-state index contributed by atoms with van der Waals surface area (Å²) < 4.78 is 37.1. The van der Waals surface area contributed by atoms with Gasteiger partial charge in [-0.15, -0.1) is 0 Å². The molecule has 0 aromatic heterocycles. The Balaban J connectivity index is 1.75. The van der Waals surface area contributed by atoms with Crippen molar-refractivity contribution in [3.05, 3.63) is 53.1 Å². The van der Waals surface area contributed by atoms with Gasteiger partial charge in [0.15, 0.2) is 6.10 Å². The van der Waals surface area contributed by atoms with Crippen LogP contribution in [-0.2, 0) is 19.6 Å². The van der Waals surface area contributed by atoms with Crippen molar-refractivity contribution in [2.75, 3.05) is 19.4 Å². The summed E-state index contributed by atoms with van der Waals surface area (Å²) in [6.07, 6.45) is -1.17.